The topological polar surface area (TPSA) is 35.5 Å². The van der Waals surface area contributed by atoms with Gasteiger partial charge >= 0.3 is 5.97 Å². The molecule has 0 radical (unpaired) electrons. The molecule has 0 saturated carbocycles. The van der Waals surface area contributed by atoms with Crippen molar-refractivity contribution in [3.8, 4) is 5.75 Å². The van der Waals surface area contributed by atoms with Crippen LogP contribution in [0.4, 0.5) is 0 Å². The van der Waals surface area contributed by atoms with Gasteiger partial charge in [0.1, 0.15) is 11.3 Å². The Bertz CT molecular complexity index is 369. The number of carbonyl (C=O) groups is 1. The highest BCUT2D eigenvalue weighted by atomic mass is 28.4. The Hall–Kier alpha value is -1.29. The van der Waals surface area contributed by atoms with E-state index in [0.29, 0.717) is 17.9 Å². The average Bonchev–Trinajstić information content (AvgIpc) is 2.16. The molecule has 3 nitrogen and oxygen atoms in total. The van der Waals surface area contributed by atoms with Crippen LogP contribution in [0.3, 0.4) is 0 Å². The Kier molecular flexibility index (Phi) is 4.12. The summed E-state index contributed by atoms with van der Waals surface area (Å²) in [6.07, 6.45) is 0. The molecule has 1 aromatic rings. The number of rotatable bonds is 4. The van der Waals surface area contributed by atoms with Crippen LogP contribution >= 0.6 is 0 Å². The van der Waals surface area contributed by atoms with Crippen LogP contribution in [0.25, 0.3) is 0 Å². The number of carbonyl (C=O) groups excluding carboxylic acids is 1. The third-order valence-electron chi connectivity index (χ3n) is 1.81. The molecule has 0 atom stereocenters. The Balaban J connectivity index is 2.90. The van der Waals surface area contributed by atoms with Crippen LogP contribution in [0.2, 0.25) is 19.6 Å². The average molecular weight is 238 g/mol. The summed E-state index contributed by atoms with van der Waals surface area (Å²) in [5.74, 6) is 0.302. The minimum atomic E-state index is -1.85. The lowest BCUT2D eigenvalue weighted by Crippen LogP contribution is -2.29. The van der Waals surface area contributed by atoms with Gasteiger partial charge in [0.15, 0.2) is 0 Å². The maximum Gasteiger partial charge on any atom is 0.328 e. The summed E-state index contributed by atoms with van der Waals surface area (Å²) >= 11 is 0. The Morgan fingerprint density at radius 2 is 1.88 bits per heavy atom. The van der Waals surface area contributed by atoms with Crippen molar-refractivity contribution in [2.45, 2.75) is 26.6 Å². The van der Waals surface area contributed by atoms with Crippen LogP contribution in [0.5, 0.6) is 5.75 Å². The van der Waals surface area contributed by atoms with Crippen LogP contribution in [0.1, 0.15) is 17.3 Å². The standard InChI is InChI=1S/C12H18O3Si/c1-5-14-11-9-7-6-8-10(11)12(13)15-16(2,3)4/h6-9H,5H2,1-4H3. The van der Waals surface area contributed by atoms with Crippen molar-refractivity contribution in [1.29, 1.82) is 0 Å². The molecule has 0 N–H and O–H groups in total. The number of hydrogen-bond donors (Lipinski definition) is 0. The van der Waals surface area contributed by atoms with Crippen molar-refractivity contribution in [3.63, 3.8) is 0 Å². The first kappa shape index (κ1) is 12.8. The second-order valence-corrected chi connectivity index (χ2v) is 8.86. The second-order valence-electron chi connectivity index (χ2n) is 4.43. The highest BCUT2D eigenvalue weighted by molar-refractivity contribution is 6.71. The highest BCUT2D eigenvalue weighted by Crippen LogP contribution is 2.20. The fraction of sp³-hybridized carbons (Fsp3) is 0.417. The van der Waals surface area contributed by atoms with Gasteiger partial charge in [0.25, 0.3) is 0 Å². The van der Waals surface area contributed by atoms with Crippen molar-refractivity contribution in [1.82, 2.24) is 0 Å². The van der Waals surface area contributed by atoms with Gasteiger partial charge in [-0.1, -0.05) is 12.1 Å². The van der Waals surface area contributed by atoms with Gasteiger partial charge in [-0.05, 0) is 38.7 Å². The lowest BCUT2D eigenvalue weighted by molar-refractivity contribution is 0.0720. The molecule has 0 saturated heterocycles. The minimum absolute atomic E-state index is 0.289. The Morgan fingerprint density at radius 1 is 1.25 bits per heavy atom. The predicted molar refractivity (Wildman–Crippen MR) is 66.4 cm³/mol. The summed E-state index contributed by atoms with van der Waals surface area (Å²) in [4.78, 5) is 11.9. The maximum absolute atomic E-state index is 11.9. The van der Waals surface area contributed by atoms with Crippen LogP contribution in [0, 0.1) is 0 Å². The SMILES string of the molecule is CCOc1ccccc1C(=O)O[Si](C)(C)C. The summed E-state index contributed by atoms with van der Waals surface area (Å²) in [7, 11) is -1.85. The fourth-order valence-electron chi connectivity index (χ4n) is 1.25. The molecule has 0 aliphatic heterocycles. The third-order valence-corrected chi connectivity index (χ3v) is 2.60. The zero-order chi connectivity index (χ0) is 12.2. The normalized spacial score (nSPS) is 11.0. The van der Waals surface area contributed by atoms with E-state index in [2.05, 4.69) is 0 Å². The zero-order valence-electron chi connectivity index (χ0n) is 10.2. The first-order valence-electron chi connectivity index (χ1n) is 5.39. The van der Waals surface area contributed by atoms with E-state index in [4.69, 9.17) is 9.16 Å². The minimum Gasteiger partial charge on any atom is -0.516 e. The number of benzene rings is 1. The molecule has 88 valence electrons. The van der Waals surface area contributed by atoms with Crippen molar-refractivity contribution < 1.29 is 14.0 Å². The van der Waals surface area contributed by atoms with Crippen molar-refractivity contribution in [2.24, 2.45) is 0 Å². The molecule has 0 aromatic heterocycles. The largest absolute Gasteiger partial charge is 0.516 e. The molecule has 0 aliphatic carbocycles. The lowest BCUT2D eigenvalue weighted by Gasteiger charge is -2.18. The molecule has 1 aromatic carbocycles. The molecule has 0 unspecified atom stereocenters. The summed E-state index contributed by atoms with van der Waals surface area (Å²) < 4.78 is 10.8. The smallest absolute Gasteiger partial charge is 0.328 e. The molecular formula is C12H18O3Si. The molecular weight excluding hydrogens is 220 g/mol. The van der Waals surface area contributed by atoms with Gasteiger partial charge in [0.2, 0.25) is 8.32 Å². The fourth-order valence-corrected chi connectivity index (χ4v) is 1.92. The summed E-state index contributed by atoms with van der Waals surface area (Å²) in [6, 6.07) is 7.16. The van der Waals surface area contributed by atoms with Gasteiger partial charge in [-0.3, -0.25) is 0 Å². The van der Waals surface area contributed by atoms with E-state index in [-0.39, 0.29) is 5.97 Å². The zero-order valence-corrected chi connectivity index (χ0v) is 11.2. The van der Waals surface area contributed by atoms with Gasteiger partial charge in [-0.15, -0.1) is 0 Å². The molecule has 0 bridgehead atoms. The number of ether oxygens (including phenoxy) is 1. The van der Waals surface area contributed by atoms with E-state index in [0.717, 1.165) is 0 Å². The van der Waals surface area contributed by atoms with E-state index in [1.54, 1.807) is 12.1 Å². The van der Waals surface area contributed by atoms with Gasteiger partial charge in [-0.2, -0.15) is 0 Å². The summed E-state index contributed by atoms with van der Waals surface area (Å²) in [5, 5.41) is 0. The number of hydrogen-bond acceptors (Lipinski definition) is 3. The first-order chi connectivity index (χ1) is 7.44. The van der Waals surface area contributed by atoms with Gasteiger partial charge in [0.05, 0.1) is 6.61 Å². The van der Waals surface area contributed by atoms with Crippen LogP contribution in [0.15, 0.2) is 24.3 Å². The van der Waals surface area contributed by atoms with Crippen molar-refractivity contribution in [2.75, 3.05) is 6.61 Å². The molecule has 1 rings (SSSR count). The summed E-state index contributed by atoms with van der Waals surface area (Å²) in [6.45, 7) is 8.37. The van der Waals surface area contributed by atoms with Crippen LogP contribution in [-0.4, -0.2) is 20.9 Å². The molecule has 0 amide bonds. The lowest BCUT2D eigenvalue weighted by atomic mass is 10.2. The molecule has 16 heavy (non-hydrogen) atoms. The monoisotopic (exact) mass is 238 g/mol. The van der Waals surface area contributed by atoms with Gasteiger partial charge in [-0.25, -0.2) is 4.79 Å². The Morgan fingerprint density at radius 3 is 2.44 bits per heavy atom. The summed E-state index contributed by atoms with van der Waals surface area (Å²) in [5.41, 5.74) is 0.506. The van der Waals surface area contributed by atoms with Crippen molar-refractivity contribution >= 4 is 14.3 Å². The second kappa shape index (κ2) is 5.16. The number of para-hydroxylation sites is 1. The third kappa shape index (κ3) is 3.70. The molecule has 0 spiro atoms. The van der Waals surface area contributed by atoms with E-state index in [9.17, 15) is 4.79 Å². The molecule has 0 aliphatic rings. The van der Waals surface area contributed by atoms with Gasteiger partial charge in [0, 0.05) is 0 Å². The molecule has 4 heteroatoms. The van der Waals surface area contributed by atoms with E-state index in [1.807, 2.05) is 38.7 Å². The quantitative estimate of drug-likeness (QED) is 0.756. The maximum atomic E-state index is 11.9. The highest BCUT2D eigenvalue weighted by Gasteiger charge is 2.22. The van der Waals surface area contributed by atoms with Crippen LogP contribution in [-0.2, 0) is 4.43 Å². The van der Waals surface area contributed by atoms with E-state index in [1.165, 1.54) is 0 Å². The predicted octanol–water partition coefficient (Wildman–Crippen LogP) is 3.08. The molecule has 0 fully saturated rings. The van der Waals surface area contributed by atoms with Crippen LogP contribution < -0.4 is 4.74 Å². The van der Waals surface area contributed by atoms with Crippen molar-refractivity contribution in [3.05, 3.63) is 29.8 Å². The van der Waals surface area contributed by atoms with E-state index < -0.39 is 8.32 Å². The van der Waals surface area contributed by atoms with E-state index >= 15 is 0 Å². The Labute approximate surface area is 97.5 Å². The first-order valence-corrected chi connectivity index (χ1v) is 8.80. The van der Waals surface area contributed by atoms with Gasteiger partial charge < -0.3 is 9.16 Å². The molecule has 0 heterocycles.